The summed E-state index contributed by atoms with van der Waals surface area (Å²) in [6.45, 7) is 8.58. The molecule has 0 rings (SSSR count). The van der Waals surface area contributed by atoms with Crippen molar-refractivity contribution in [2.24, 2.45) is 5.92 Å². The molecule has 0 spiro atoms. The van der Waals surface area contributed by atoms with E-state index < -0.39 is 8.32 Å². The van der Waals surface area contributed by atoms with Crippen LogP contribution in [-0.4, -0.2) is 13.1 Å². The van der Waals surface area contributed by atoms with Gasteiger partial charge in [0.25, 0.3) is 0 Å². The molecule has 74 valence electrons. The maximum atomic E-state index is 9.57. The highest BCUT2D eigenvalue weighted by atomic mass is 28.4. The second-order valence-corrected chi connectivity index (χ2v) is 8.93. The number of unbranched alkanes of at least 4 members (excludes halogenated alkanes) is 2. The summed E-state index contributed by atoms with van der Waals surface area (Å²) in [6.07, 6.45) is 5.20. The molecular weight excluding hydrogens is 164 g/mol. The molecule has 0 aliphatic rings. The summed E-state index contributed by atoms with van der Waals surface area (Å²) in [7, 11) is -1.73. The standard InChI is InChI=1S/C10H24OSi/c1-10(2)8-6-5-7-9-12(3,4)11/h10-11H,5-9H2,1-4H3. The molecule has 0 aromatic carbocycles. The van der Waals surface area contributed by atoms with Crippen molar-refractivity contribution < 1.29 is 4.80 Å². The third-order valence-electron chi connectivity index (χ3n) is 2.07. The summed E-state index contributed by atoms with van der Waals surface area (Å²) in [5.74, 6) is 0.837. The fourth-order valence-corrected chi connectivity index (χ4v) is 2.40. The molecule has 0 fully saturated rings. The molecule has 0 unspecified atom stereocenters. The minimum atomic E-state index is -1.73. The van der Waals surface area contributed by atoms with Crippen LogP contribution in [0.2, 0.25) is 19.1 Å². The van der Waals surface area contributed by atoms with Gasteiger partial charge in [-0.15, -0.1) is 0 Å². The molecule has 2 heteroatoms. The van der Waals surface area contributed by atoms with Gasteiger partial charge in [0.2, 0.25) is 0 Å². The van der Waals surface area contributed by atoms with Gasteiger partial charge in [-0.05, 0) is 25.1 Å². The number of hydrogen-bond donors (Lipinski definition) is 1. The fraction of sp³-hybridized carbons (Fsp3) is 1.00. The first-order valence-electron chi connectivity index (χ1n) is 5.14. The molecule has 0 saturated carbocycles. The van der Waals surface area contributed by atoms with Crippen LogP contribution < -0.4 is 0 Å². The third-order valence-corrected chi connectivity index (χ3v) is 3.65. The zero-order valence-corrected chi connectivity index (χ0v) is 10.1. The van der Waals surface area contributed by atoms with Crippen LogP contribution in [0.25, 0.3) is 0 Å². The quantitative estimate of drug-likeness (QED) is 0.500. The first-order chi connectivity index (χ1) is 5.42. The molecule has 0 bridgehead atoms. The molecule has 0 saturated heterocycles. The molecule has 0 aliphatic heterocycles. The summed E-state index contributed by atoms with van der Waals surface area (Å²) in [5.41, 5.74) is 0. The Balaban J connectivity index is 3.12. The van der Waals surface area contributed by atoms with Gasteiger partial charge in [-0.1, -0.05) is 39.5 Å². The van der Waals surface area contributed by atoms with Gasteiger partial charge in [0.1, 0.15) is 0 Å². The van der Waals surface area contributed by atoms with E-state index in [1.54, 1.807) is 0 Å². The normalized spacial score (nSPS) is 12.5. The number of rotatable bonds is 6. The van der Waals surface area contributed by atoms with E-state index in [9.17, 15) is 4.80 Å². The summed E-state index contributed by atoms with van der Waals surface area (Å²) >= 11 is 0. The Hall–Kier alpha value is 0.177. The average molecular weight is 188 g/mol. The van der Waals surface area contributed by atoms with Crippen molar-refractivity contribution in [3.63, 3.8) is 0 Å². The van der Waals surface area contributed by atoms with E-state index in [1.807, 2.05) is 13.1 Å². The number of hydrogen-bond acceptors (Lipinski definition) is 1. The first kappa shape index (κ1) is 12.2. The maximum absolute atomic E-state index is 9.57. The lowest BCUT2D eigenvalue weighted by atomic mass is 10.1. The van der Waals surface area contributed by atoms with Crippen molar-refractivity contribution in [3.05, 3.63) is 0 Å². The monoisotopic (exact) mass is 188 g/mol. The highest BCUT2D eigenvalue weighted by Crippen LogP contribution is 2.14. The van der Waals surface area contributed by atoms with E-state index in [4.69, 9.17) is 0 Å². The van der Waals surface area contributed by atoms with Crippen molar-refractivity contribution in [2.45, 2.75) is 58.7 Å². The summed E-state index contributed by atoms with van der Waals surface area (Å²) in [4.78, 5) is 9.57. The van der Waals surface area contributed by atoms with Crippen molar-refractivity contribution >= 4 is 8.32 Å². The Morgan fingerprint density at radius 2 is 1.67 bits per heavy atom. The predicted molar refractivity (Wildman–Crippen MR) is 57.8 cm³/mol. The Bertz CT molecular complexity index is 105. The molecule has 1 N–H and O–H groups in total. The van der Waals surface area contributed by atoms with E-state index in [-0.39, 0.29) is 0 Å². The molecule has 0 aromatic rings. The minimum absolute atomic E-state index is 0.837. The molecule has 0 aliphatic carbocycles. The highest BCUT2D eigenvalue weighted by molar-refractivity contribution is 6.69. The zero-order valence-electron chi connectivity index (χ0n) is 9.06. The maximum Gasteiger partial charge on any atom is 0.182 e. The van der Waals surface area contributed by atoms with Gasteiger partial charge in [-0.2, -0.15) is 0 Å². The van der Waals surface area contributed by atoms with Crippen LogP contribution in [0.3, 0.4) is 0 Å². The molecule has 0 heterocycles. The van der Waals surface area contributed by atoms with Crippen LogP contribution in [0.5, 0.6) is 0 Å². The van der Waals surface area contributed by atoms with Crippen LogP contribution in [-0.2, 0) is 0 Å². The van der Waals surface area contributed by atoms with E-state index in [2.05, 4.69) is 13.8 Å². The lowest BCUT2D eigenvalue weighted by Gasteiger charge is -2.13. The van der Waals surface area contributed by atoms with Gasteiger partial charge < -0.3 is 4.80 Å². The van der Waals surface area contributed by atoms with Crippen LogP contribution >= 0.6 is 0 Å². The highest BCUT2D eigenvalue weighted by Gasteiger charge is 2.15. The second kappa shape index (κ2) is 5.76. The summed E-state index contributed by atoms with van der Waals surface area (Å²) in [5, 5.41) is 0. The van der Waals surface area contributed by atoms with Gasteiger partial charge in [0.05, 0.1) is 0 Å². The summed E-state index contributed by atoms with van der Waals surface area (Å²) in [6, 6.07) is 1.07. The molecule has 0 aromatic heterocycles. The van der Waals surface area contributed by atoms with E-state index in [1.165, 1.54) is 25.7 Å². The minimum Gasteiger partial charge on any atom is -0.432 e. The topological polar surface area (TPSA) is 20.2 Å². The Kier molecular flexibility index (Phi) is 5.84. The first-order valence-corrected chi connectivity index (χ1v) is 8.29. The van der Waals surface area contributed by atoms with Crippen molar-refractivity contribution in [2.75, 3.05) is 0 Å². The summed E-state index contributed by atoms with van der Waals surface area (Å²) < 4.78 is 0. The molecule has 0 amide bonds. The van der Waals surface area contributed by atoms with Gasteiger partial charge in [0.15, 0.2) is 8.32 Å². The molecular formula is C10H24OSi. The van der Waals surface area contributed by atoms with Crippen LogP contribution in [0.1, 0.15) is 39.5 Å². The van der Waals surface area contributed by atoms with E-state index in [0.717, 1.165) is 12.0 Å². The second-order valence-electron chi connectivity index (χ2n) is 4.81. The van der Waals surface area contributed by atoms with Gasteiger partial charge in [-0.3, -0.25) is 0 Å². The average Bonchev–Trinajstić information content (AvgIpc) is 1.83. The Morgan fingerprint density at radius 3 is 2.08 bits per heavy atom. The zero-order chi connectivity index (χ0) is 9.61. The molecule has 1 nitrogen and oxygen atoms in total. The van der Waals surface area contributed by atoms with Gasteiger partial charge in [-0.25, -0.2) is 0 Å². The predicted octanol–water partition coefficient (Wildman–Crippen LogP) is 3.40. The molecule has 0 radical (unpaired) electrons. The smallest absolute Gasteiger partial charge is 0.182 e. The Labute approximate surface area is 78.3 Å². The van der Waals surface area contributed by atoms with Crippen molar-refractivity contribution in [1.82, 2.24) is 0 Å². The molecule has 0 atom stereocenters. The lowest BCUT2D eigenvalue weighted by molar-refractivity contribution is 0.516. The largest absolute Gasteiger partial charge is 0.432 e. The van der Waals surface area contributed by atoms with Crippen LogP contribution in [0.4, 0.5) is 0 Å². The van der Waals surface area contributed by atoms with E-state index >= 15 is 0 Å². The lowest BCUT2D eigenvalue weighted by Crippen LogP contribution is -2.23. The van der Waals surface area contributed by atoms with Crippen molar-refractivity contribution in [1.29, 1.82) is 0 Å². The fourth-order valence-electron chi connectivity index (χ4n) is 1.29. The van der Waals surface area contributed by atoms with Gasteiger partial charge >= 0.3 is 0 Å². The van der Waals surface area contributed by atoms with Crippen LogP contribution in [0.15, 0.2) is 0 Å². The van der Waals surface area contributed by atoms with Crippen LogP contribution in [0, 0.1) is 5.92 Å². The third kappa shape index (κ3) is 10.2. The van der Waals surface area contributed by atoms with Crippen molar-refractivity contribution in [3.8, 4) is 0 Å². The molecule has 12 heavy (non-hydrogen) atoms. The van der Waals surface area contributed by atoms with Gasteiger partial charge in [0, 0.05) is 0 Å². The van der Waals surface area contributed by atoms with E-state index in [0.29, 0.717) is 0 Å². The SMILES string of the molecule is CC(C)CCCCC[Si](C)(C)O. The Morgan fingerprint density at radius 1 is 1.08 bits per heavy atom.